The van der Waals surface area contributed by atoms with Crippen LogP contribution in [-0.2, 0) is 13.9 Å². The second-order valence-electron chi connectivity index (χ2n) is 6.44. The number of unbranched alkanes of at least 4 members (excludes halogenated alkanes) is 6. The molecule has 1 atom stereocenters. The Bertz CT molecular complexity index is 513. The van der Waals surface area contributed by atoms with Crippen LogP contribution >= 0.6 is 8.25 Å². The van der Waals surface area contributed by atoms with Crippen LogP contribution in [0, 0.1) is 0 Å². The molecule has 0 aliphatic rings. The molecule has 1 unspecified atom stereocenters. The predicted octanol–water partition coefficient (Wildman–Crippen LogP) is 5.28. The lowest BCUT2D eigenvalue weighted by Gasteiger charge is -2.00. The van der Waals surface area contributed by atoms with Crippen molar-refractivity contribution in [2.45, 2.75) is 71.1 Å². The Morgan fingerprint density at radius 1 is 0.893 bits per heavy atom. The van der Waals surface area contributed by atoms with E-state index in [1.54, 1.807) is 0 Å². The Hall–Kier alpha value is -1.55. The summed E-state index contributed by atoms with van der Waals surface area (Å²) in [7, 11) is -2.84. The number of hydrogen-bond donors (Lipinski definition) is 1. The molecule has 0 saturated carbocycles. The summed E-state index contributed by atoms with van der Waals surface area (Å²) in [5.74, 6) is -0.117. The molecule has 0 bridgehead atoms. The Balaban J connectivity index is 3.49. The van der Waals surface area contributed by atoms with Gasteiger partial charge in [-0.1, -0.05) is 68.4 Å². The molecule has 0 rings (SSSR count). The zero-order chi connectivity index (χ0) is 20.7. The third kappa shape index (κ3) is 22.5. The first-order valence-corrected chi connectivity index (χ1v) is 11.4. The van der Waals surface area contributed by atoms with E-state index >= 15 is 0 Å². The van der Waals surface area contributed by atoms with Crippen molar-refractivity contribution in [2.75, 3.05) is 13.2 Å². The van der Waals surface area contributed by atoms with Crippen LogP contribution in [-0.4, -0.2) is 19.1 Å². The standard InChI is InChI=1S/C22H36NO4P/c1-2-3-4-5-6-7-8-9-10-11-12-13-14-15-16-17-18-19-22(24)23-20-21-27-28(25)26/h6-7,12-17H,2-5,8-11,18-21H2,1H3,(H,23,24)/b7-6+,13-12+,15-14+,17-16+. The van der Waals surface area contributed by atoms with Crippen LogP contribution in [0.15, 0.2) is 48.6 Å². The summed E-state index contributed by atoms with van der Waals surface area (Å²) >= 11 is 0. The number of carbonyl (C=O) groups excluding carboxylic acids is 1. The van der Waals surface area contributed by atoms with Gasteiger partial charge in [0.05, 0.1) is 0 Å². The van der Waals surface area contributed by atoms with E-state index in [-0.39, 0.29) is 19.1 Å². The Kier molecular flexibility index (Phi) is 20.5. The van der Waals surface area contributed by atoms with Crippen molar-refractivity contribution in [3.05, 3.63) is 48.6 Å². The molecular formula is C22H36NO4P. The number of carbonyl (C=O) groups is 1. The van der Waals surface area contributed by atoms with Gasteiger partial charge in [0.2, 0.25) is 5.91 Å². The van der Waals surface area contributed by atoms with E-state index in [4.69, 9.17) is 0 Å². The summed E-state index contributed by atoms with van der Waals surface area (Å²) in [6.07, 6.45) is 27.6. The molecule has 0 radical (unpaired) electrons. The highest BCUT2D eigenvalue weighted by Crippen LogP contribution is 2.06. The fraction of sp³-hybridized carbons (Fsp3) is 0.591. The first-order valence-electron chi connectivity index (χ1n) is 10.3. The summed E-state index contributed by atoms with van der Waals surface area (Å²) in [6, 6.07) is 0. The quantitative estimate of drug-likeness (QED) is 0.145. The molecule has 0 aliphatic carbocycles. The van der Waals surface area contributed by atoms with E-state index in [1.807, 2.05) is 24.3 Å². The molecular weight excluding hydrogens is 373 g/mol. The Morgan fingerprint density at radius 3 is 2.07 bits per heavy atom. The van der Waals surface area contributed by atoms with Gasteiger partial charge in [0.15, 0.2) is 0 Å². The summed E-state index contributed by atoms with van der Waals surface area (Å²) in [6.45, 7) is 2.41. The van der Waals surface area contributed by atoms with E-state index < -0.39 is 8.25 Å². The second-order valence-corrected chi connectivity index (χ2v) is 7.14. The summed E-state index contributed by atoms with van der Waals surface area (Å²) in [4.78, 5) is 21.6. The fourth-order valence-electron chi connectivity index (χ4n) is 2.36. The number of nitrogens with one attached hydrogen (secondary N) is 1. The minimum Gasteiger partial charge on any atom is -0.566 e. The highest BCUT2D eigenvalue weighted by Gasteiger charge is 2.02. The molecule has 28 heavy (non-hydrogen) atoms. The SMILES string of the molecule is CCCCC/C=C/CCCC/C=C/C=C/C=C/CCC(=O)NCCO[P+](=O)[O-]. The molecule has 1 N–H and O–H groups in total. The zero-order valence-corrected chi connectivity index (χ0v) is 18.1. The third-order valence-electron chi connectivity index (χ3n) is 3.90. The lowest BCUT2D eigenvalue weighted by molar-refractivity contribution is -0.185. The van der Waals surface area contributed by atoms with Gasteiger partial charge in [-0.3, -0.25) is 4.79 Å². The van der Waals surface area contributed by atoms with Crippen LogP contribution in [0.4, 0.5) is 0 Å². The maximum atomic E-state index is 11.5. The van der Waals surface area contributed by atoms with E-state index in [9.17, 15) is 14.3 Å². The Morgan fingerprint density at radius 2 is 1.46 bits per heavy atom. The van der Waals surface area contributed by atoms with Crippen molar-refractivity contribution in [1.82, 2.24) is 5.32 Å². The molecule has 0 aromatic carbocycles. The molecule has 158 valence electrons. The smallest absolute Gasteiger partial charge is 0.488 e. The van der Waals surface area contributed by atoms with Gasteiger partial charge in [-0.25, -0.2) is 0 Å². The largest absolute Gasteiger partial charge is 0.566 e. The molecule has 0 saturated heterocycles. The van der Waals surface area contributed by atoms with Gasteiger partial charge in [0.25, 0.3) is 0 Å². The van der Waals surface area contributed by atoms with Crippen LogP contribution in [0.2, 0.25) is 0 Å². The highest BCUT2D eigenvalue weighted by atomic mass is 31.1. The predicted molar refractivity (Wildman–Crippen MR) is 115 cm³/mol. The van der Waals surface area contributed by atoms with E-state index in [1.165, 1.54) is 44.9 Å². The minimum absolute atomic E-state index is 0.0227. The molecule has 0 aromatic rings. The number of hydrogen-bond acceptors (Lipinski definition) is 4. The molecule has 0 spiro atoms. The molecule has 0 aliphatic heterocycles. The van der Waals surface area contributed by atoms with Gasteiger partial charge in [0, 0.05) is 13.0 Å². The lowest BCUT2D eigenvalue weighted by atomic mass is 10.1. The van der Waals surface area contributed by atoms with E-state index in [2.05, 4.69) is 41.1 Å². The van der Waals surface area contributed by atoms with Crippen LogP contribution in [0.5, 0.6) is 0 Å². The first-order chi connectivity index (χ1) is 13.7. The van der Waals surface area contributed by atoms with Gasteiger partial charge >= 0.3 is 8.25 Å². The monoisotopic (exact) mass is 409 g/mol. The van der Waals surface area contributed by atoms with Crippen LogP contribution in [0.1, 0.15) is 71.1 Å². The van der Waals surface area contributed by atoms with Crippen LogP contribution in [0.3, 0.4) is 0 Å². The van der Waals surface area contributed by atoms with Gasteiger partial charge in [0.1, 0.15) is 6.61 Å². The van der Waals surface area contributed by atoms with Gasteiger partial charge in [-0.05, 0) is 49.5 Å². The highest BCUT2D eigenvalue weighted by molar-refractivity contribution is 7.30. The van der Waals surface area contributed by atoms with E-state index in [0.29, 0.717) is 12.8 Å². The van der Waals surface area contributed by atoms with Gasteiger partial charge in [-0.2, -0.15) is 0 Å². The van der Waals surface area contributed by atoms with Crippen molar-refractivity contribution in [3.8, 4) is 0 Å². The maximum Gasteiger partial charge on any atom is 0.488 e. The summed E-state index contributed by atoms with van der Waals surface area (Å²) < 4.78 is 14.5. The van der Waals surface area contributed by atoms with Crippen molar-refractivity contribution < 1.29 is 18.8 Å². The normalized spacial score (nSPS) is 12.7. The second kappa shape index (κ2) is 21.7. The topological polar surface area (TPSA) is 78.5 Å². The summed E-state index contributed by atoms with van der Waals surface area (Å²) in [5.41, 5.74) is 0. The van der Waals surface area contributed by atoms with Crippen LogP contribution in [0.25, 0.3) is 0 Å². The molecule has 1 amide bonds. The fourth-order valence-corrected chi connectivity index (χ4v) is 2.60. The van der Waals surface area contributed by atoms with E-state index in [0.717, 1.165) is 6.42 Å². The van der Waals surface area contributed by atoms with Crippen molar-refractivity contribution in [1.29, 1.82) is 0 Å². The minimum atomic E-state index is -2.84. The average Bonchev–Trinajstić information content (AvgIpc) is 2.67. The lowest BCUT2D eigenvalue weighted by Crippen LogP contribution is -2.26. The van der Waals surface area contributed by atoms with Crippen molar-refractivity contribution in [2.24, 2.45) is 0 Å². The van der Waals surface area contributed by atoms with Crippen molar-refractivity contribution in [3.63, 3.8) is 0 Å². The molecule has 6 heteroatoms. The van der Waals surface area contributed by atoms with Crippen molar-refractivity contribution >= 4 is 14.2 Å². The maximum absolute atomic E-state index is 11.5. The number of allylic oxidation sites excluding steroid dienone is 8. The van der Waals surface area contributed by atoms with Gasteiger partial charge in [-0.15, -0.1) is 4.52 Å². The van der Waals surface area contributed by atoms with Gasteiger partial charge < -0.3 is 10.2 Å². The van der Waals surface area contributed by atoms with Crippen LogP contribution < -0.4 is 10.2 Å². The molecule has 0 heterocycles. The molecule has 0 aromatic heterocycles. The number of rotatable bonds is 18. The summed E-state index contributed by atoms with van der Waals surface area (Å²) in [5, 5.41) is 2.59. The average molecular weight is 410 g/mol. The molecule has 5 nitrogen and oxygen atoms in total. The zero-order valence-electron chi connectivity index (χ0n) is 17.2. The third-order valence-corrected chi connectivity index (χ3v) is 4.29. The first kappa shape index (κ1) is 26.4. The Labute approximate surface area is 171 Å². The molecule has 0 fully saturated rings. The number of amides is 1.